The summed E-state index contributed by atoms with van der Waals surface area (Å²) in [5.74, 6) is 1.22. The van der Waals surface area contributed by atoms with Crippen LogP contribution in [-0.2, 0) is 11.3 Å². The summed E-state index contributed by atoms with van der Waals surface area (Å²) in [6.07, 6.45) is 3.30. The second kappa shape index (κ2) is 7.46. The second-order valence-electron chi connectivity index (χ2n) is 5.41. The predicted molar refractivity (Wildman–Crippen MR) is 90.5 cm³/mol. The van der Waals surface area contributed by atoms with E-state index < -0.39 is 0 Å². The summed E-state index contributed by atoms with van der Waals surface area (Å²) in [4.78, 5) is 16.2. The van der Waals surface area contributed by atoms with Gasteiger partial charge in [0.2, 0.25) is 0 Å². The average Bonchev–Trinajstić information content (AvgIpc) is 3.13. The maximum atomic E-state index is 11.9. The smallest absolute Gasteiger partial charge is 0.258 e. The predicted octanol–water partition coefficient (Wildman–Crippen LogP) is 3.35. The molecule has 1 aromatic carbocycles. The molecular formula is C19H18N2O3. The first-order chi connectivity index (χ1) is 11.7. The molecule has 0 fully saturated rings. The summed E-state index contributed by atoms with van der Waals surface area (Å²) in [5, 5.41) is 2.83. The van der Waals surface area contributed by atoms with Crippen LogP contribution in [0.3, 0.4) is 0 Å². The lowest BCUT2D eigenvalue weighted by Gasteiger charge is -2.08. The Morgan fingerprint density at radius 1 is 1.21 bits per heavy atom. The van der Waals surface area contributed by atoms with Crippen LogP contribution in [0, 0.1) is 6.92 Å². The van der Waals surface area contributed by atoms with Gasteiger partial charge in [0.25, 0.3) is 5.91 Å². The highest BCUT2D eigenvalue weighted by atomic mass is 16.5. The van der Waals surface area contributed by atoms with Gasteiger partial charge in [-0.2, -0.15) is 0 Å². The monoisotopic (exact) mass is 322 g/mol. The van der Waals surface area contributed by atoms with Gasteiger partial charge in [-0.25, -0.2) is 0 Å². The fraction of sp³-hybridized carbons (Fsp3) is 0.158. The lowest BCUT2D eigenvalue weighted by atomic mass is 10.2. The third kappa shape index (κ3) is 4.23. The Morgan fingerprint density at radius 2 is 2.12 bits per heavy atom. The first-order valence-corrected chi connectivity index (χ1v) is 7.66. The number of benzene rings is 1. The van der Waals surface area contributed by atoms with Crippen molar-refractivity contribution in [3.8, 4) is 17.2 Å². The lowest BCUT2D eigenvalue weighted by Crippen LogP contribution is -2.28. The molecule has 0 aliphatic carbocycles. The van der Waals surface area contributed by atoms with E-state index in [0.717, 1.165) is 16.8 Å². The highest BCUT2D eigenvalue weighted by Gasteiger charge is 2.06. The van der Waals surface area contributed by atoms with Crippen molar-refractivity contribution in [2.45, 2.75) is 13.5 Å². The summed E-state index contributed by atoms with van der Waals surface area (Å²) in [6, 6.07) is 15.0. The van der Waals surface area contributed by atoms with Gasteiger partial charge in [-0.1, -0.05) is 12.1 Å². The molecule has 5 nitrogen and oxygen atoms in total. The molecule has 1 amide bonds. The minimum absolute atomic E-state index is 0.0143. The molecule has 0 atom stereocenters. The van der Waals surface area contributed by atoms with Crippen molar-refractivity contribution in [1.82, 2.24) is 10.3 Å². The number of aryl methyl sites for hydroxylation is 1. The van der Waals surface area contributed by atoms with E-state index >= 15 is 0 Å². The molecule has 0 unspecified atom stereocenters. The Balaban J connectivity index is 1.52. The number of furan rings is 1. The molecule has 0 aliphatic rings. The Kier molecular flexibility index (Phi) is 4.91. The van der Waals surface area contributed by atoms with Crippen molar-refractivity contribution < 1.29 is 13.9 Å². The fourth-order valence-electron chi connectivity index (χ4n) is 2.25. The Morgan fingerprint density at radius 3 is 2.92 bits per heavy atom. The molecular weight excluding hydrogens is 304 g/mol. The molecule has 3 aromatic rings. The van der Waals surface area contributed by atoms with Crippen molar-refractivity contribution in [2.75, 3.05) is 6.61 Å². The summed E-state index contributed by atoms with van der Waals surface area (Å²) >= 11 is 0. The third-order valence-electron chi connectivity index (χ3n) is 3.45. The quantitative estimate of drug-likeness (QED) is 0.756. The number of carbonyl (C=O) groups excluding carboxylic acids is 1. The van der Waals surface area contributed by atoms with Crippen molar-refractivity contribution in [3.63, 3.8) is 0 Å². The number of aromatic nitrogens is 1. The second-order valence-corrected chi connectivity index (χ2v) is 5.41. The first kappa shape index (κ1) is 15.8. The zero-order valence-corrected chi connectivity index (χ0v) is 13.4. The molecule has 2 heterocycles. The number of pyridine rings is 1. The highest BCUT2D eigenvalue weighted by molar-refractivity contribution is 5.77. The van der Waals surface area contributed by atoms with E-state index in [-0.39, 0.29) is 12.5 Å². The fourth-order valence-corrected chi connectivity index (χ4v) is 2.25. The van der Waals surface area contributed by atoms with Crippen LogP contribution in [0.1, 0.15) is 11.1 Å². The van der Waals surface area contributed by atoms with E-state index in [0.29, 0.717) is 18.1 Å². The first-order valence-electron chi connectivity index (χ1n) is 7.66. The van der Waals surface area contributed by atoms with Gasteiger partial charge in [-0.05, 0) is 54.4 Å². The molecule has 1 N–H and O–H groups in total. The molecule has 24 heavy (non-hydrogen) atoms. The minimum atomic E-state index is -0.173. The van der Waals surface area contributed by atoms with Gasteiger partial charge in [0.15, 0.2) is 12.4 Å². The topological polar surface area (TPSA) is 64.4 Å². The van der Waals surface area contributed by atoms with Crippen molar-refractivity contribution in [2.24, 2.45) is 0 Å². The van der Waals surface area contributed by atoms with Crippen LogP contribution >= 0.6 is 0 Å². The number of nitrogens with one attached hydrogen (secondary N) is 1. The van der Waals surface area contributed by atoms with E-state index in [4.69, 9.17) is 9.15 Å². The zero-order valence-electron chi connectivity index (χ0n) is 13.4. The van der Waals surface area contributed by atoms with Crippen LogP contribution in [0.4, 0.5) is 0 Å². The Bertz CT molecular complexity index is 813. The van der Waals surface area contributed by atoms with Crippen LogP contribution in [0.5, 0.6) is 5.75 Å². The van der Waals surface area contributed by atoms with Crippen LogP contribution in [0.15, 0.2) is 65.4 Å². The molecule has 3 rings (SSSR count). The van der Waals surface area contributed by atoms with E-state index in [2.05, 4.69) is 10.3 Å². The number of amides is 1. The van der Waals surface area contributed by atoms with Gasteiger partial charge in [0, 0.05) is 12.7 Å². The highest BCUT2D eigenvalue weighted by Crippen LogP contribution is 2.18. The number of nitrogens with zero attached hydrogens (tertiary/aromatic N) is 1. The van der Waals surface area contributed by atoms with Crippen LogP contribution in [0.2, 0.25) is 0 Å². The van der Waals surface area contributed by atoms with Crippen molar-refractivity contribution in [3.05, 3.63) is 72.1 Å². The molecule has 122 valence electrons. The largest absolute Gasteiger partial charge is 0.484 e. The number of ether oxygens (including phenoxy) is 1. The van der Waals surface area contributed by atoms with Gasteiger partial charge < -0.3 is 14.5 Å². The minimum Gasteiger partial charge on any atom is -0.484 e. The Hall–Kier alpha value is -3.08. The SMILES string of the molecule is Cc1cccc(OCC(=O)NCc2ccnc(-c3ccco3)c2)c1. The van der Waals surface area contributed by atoms with Crippen molar-refractivity contribution >= 4 is 5.91 Å². The molecule has 0 radical (unpaired) electrons. The number of carbonyl (C=O) groups is 1. The van der Waals surface area contributed by atoms with Gasteiger partial charge in [0.05, 0.1) is 6.26 Å². The normalized spacial score (nSPS) is 10.4. The van der Waals surface area contributed by atoms with Crippen molar-refractivity contribution in [1.29, 1.82) is 0 Å². The van der Waals surface area contributed by atoms with Crippen LogP contribution in [0.25, 0.3) is 11.5 Å². The average molecular weight is 322 g/mol. The summed E-state index contributed by atoms with van der Waals surface area (Å²) < 4.78 is 10.8. The summed E-state index contributed by atoms with van der Waals surface area (Å²) in [5.41, 5.74) is 2.78. The molecule has 0 saturated carbocycles. The van der Waals surface area contributed by atoms with E-state index in [1.165, 1.54) is 0 Å². The summed E-state index contributed by atoms with van der Waals surface area (Å²) in [6.45, 7) is 2.37. The number of hydrogen-bond acceptors (Lipinski definition) is 4. The number of hydrogen-bond donors (Lipinski definition) is 1. The lowest BCUT2D eigenvalue weighted by molar-refractivity contribution is -0.123. The molecule has 0 spiro atoms. The molecule has 5 heteroatoms. The standard InChI is InChI=1S/C19H18N2O3/c1-14-4-2-5-16(10-14)24-13-19(22)21-12-15-7-8-20-17(11-15)18-6-3-9-23-18/h2-11H,12-13H2,1H3,(H,21,22). The zero-order chi connectivity index (χ0) is 16.8. The van der Waals surface area contributed by atoms with Gasteiger partial charge >= 0.3 is 0 Å². The third-order valence-corrected chi connectivity index (χ3v) is 3.45. The Labute approximate surface area is 140 Å². The maximum Gasteiger partial charge on any atom is 0.258 e. The van der Waals surface area contributed by atoms with E-state index in [1.807, 2.05) is 55.5 Å². The molecule has 0 bridgehead atoms. The molecule has 2 aromatic heterocycles. The van der Waals surface area contributed by atoms with Crippen LogP contribution in [-0.4, -0.2) is 17.5 Å². The van der Waals surface area contributed by atoms with Crippen LogP contribution < -0.4 is 10.1 Å². The van der Waals surface area contributed by atoms with Gasteiger partial charge in [-0.15, -0.1) is 0 Å². The van der Waals surface area contributed by atoms with Gasteiger partial charge in [-0.3, -0.25) is 9.78 Å². The number of rotatable bonds is 6. The summed E-state index contributed by atoms with van der Waals surface area (Å²) in [7, 11) is 0. The molecule has 0 saturated heterocycles. The van der Waals surface area contributed by atoms with E-state index in [9.17, 15) is 4.79 Å². The maximum absolute atomic E-state index is 11.9. The molecule has 0 aliphatic heterocycles. The van der Waals surface area contributed by atoms with Gasteiger partial charge in [0.1, 0.15) is 11.4 Å². The van der Waals surface area contributed by atoms with E-state index in [1.54, 1.807) is 12.5 Å².